The third-order valence-corrected chi connectivity index (χ3v) is 8.68. The van der Waals surface area contributed by atoms with Gasteiger partial charge in [0.15, 0.2) is 0 Å². The second-order valence-electron chi connectivity index (χ2n) is 10.9. The van der Waals surface area contributed by atoms with Crippen molar-refractivity contribution >= 4 is 27.5 Å². The summed E-state index contributed by atoms with van der Waals surface area (Å²) in [6.45, 7) is 6.78. The number of benzene rings is 1. The molecule has 4 heterocycles. The average Bonchev–Trinajstić information content (AvgIpc) is 3.74. The first kappa shape index (κ1) is 30.3. The van der Waals surface area contributed by atoms with Crippen LogP contribution in [-0.4, -0.2) is 73.0 Å². The molecule has 0 bridgehead atoms. The highest BCUT2D eigenvalue weighted by molar-refractivity contribution is 7.21. The number of amides is 1. The number of nitrogens with zero attached hydrogens (tertiary/aromatic N) is 6. The lowest BCUT2D eigenvalue weighted by Crippen LogP contribution is -2.56. The Morgan fingerprint density at radius 2 is 1.86 bits per heavy atom. The molecule has 1 N–H and O–H groups in total. The molecule has 2 unspecified atom stereocenters. The molecule has 228 valence electrons. The smallest absolute Gasteiger partial charge is 0.333 e. The van der Waals surface area contributed by atoms with E-state index in [4.69, 9.17) is 9.47 Å². The van der Waals surface area contributed by atoms with Crippen LogP contribution in [0.25, 0.3) is 15.2 Å². The topological polar surface area (TPSA) is 134 Å². The molecule has 1 aromatic carbocycles. The number of halogens is 1. The van der Waals surface area contributed by atoms with Crippen LogP contribution in [0.15, 0.2) is 52.3 Å². The van der Waals surface area contributed by atoms with Gasteiger partial charge < -0.3 is 19.5 Å². The van der Waals surface area contributed by atoms with Gasteiger partial charge in [-0.1, -0.05) is 23.5 Å². The van der Waals surface area contributed by atoms with Crippen LogP contribution in [-0.2, 0) is 21.6 Å². The second kappa shape index (κ2) is 11.9. The number of ether oxygens (including phenoxy) is 2. The Morgan fingerprint density at radius 1 is 1.19 bits per heavy atom. The number of thiophene rings is 1. The minimum Gasteiger partial charge on any atom is -0.496 e. The van der Waals surface area contributed by atoms with E-state index in [2.05, 4.69) is 10.2 Å². The molecule has 1 amide bonds. The fourth-order valence-corrected chi connectivity index (χ4v) is 6.46. The number of hydrogen-bond donors (Lipinski definition) is 1. The van der Waals surface area contributed by atoms with Crippen molar-refractivity contribution < 1.29 is 23.8 Å². The van der Waals surface area contributed by atoms with Crippen molar-refractivity contribution in [1.29, 1.82) is 0 Å². The number of carbonyl (C=O) groups excluding carboxylic acids is 1. The summed E-state index contributed by atoms with van der Waals surface area (Å²) in [5.74, 6) is -0.623. The van der Waals surface area contributed by atoms with Crippen molar-refractivity contribution in [2.75, 3.05) is 26.8 Å². The van der Waals surface area contributed by atoms with Crippen LogP contribution in [0.3, 0.4) is 0 Å². The Hall–Kier alpha value is -4.14. The molecule has 4 aromatic rings. The van der Waals surface area contributed by atoms with Gasteiger partial charge in [0.05, 0.1) is 44.1 Å². The van der Waals surface area contributed by atoms with E-state index >= 15 is 0 Å². The Labute approximate surface area is 250 Å². The van der Waals surface area contributed by atoms with Crippen LogP contribution in [0.5, 0.6) is 5.75 Å². The number of carbonyl (C=O) groups is 1. The van der Waals surface area contributed by atoms with E-state index < -0.39 is 40.7 Å². The van der Waals surface area contributed by atoms with Gasteiger partial charge in [0.2, 0.25) is 5.91 Å². The maximum Gasteiger partial charge on any atom is 0.333 e. The molecule has 0 spiro atoms. The average molecular weight is 613 g/mol. The van der Waals surface area contributed by atoms with Crippen LogP contribution in [0.4, 0.5) is 4.39 Å². The highest BCUT2D eigenvalue weighted by Gasteiger charge is 2.39. The highest BCUT2D eigenvalue weighted by Crippen LogP contribution is 2.34. The predicted octanol–water partition coefficient (Wildman–Crippen LogP) is 2.53. The van der Waals surface area contributed by atoms with Gasteiger partial charge >= 0.3 is 5.69 Å². The summed E-state index contributed by atoms with van der Waals surface area (Å²) in [6, 6.07) is 3.94. The first-order valence-electron chi connectivity index (χ1n) is 13.7. The fraction of sp³-hybridized carbons (Fsp3) is 0.414. The van der Waals surface area contributed by atoms with Crippen molar-refractivity contribution in [1.82, 2.24) is 29.0 Å². The molecule has 2 atom stereocenters. The van der Waals surface area contributed by atoms with E-state index in [0.717, 1.165) is 15.9 Å². The second-order valence-corrected chi connectivity index (χ2v) is 11.8. The standard InChI is InChI=1S/C29H33FN6O6S/c1-17(37)16-42-22(20-14-19(30)8-9-21(20)41-5)15-34-26-23(18(2)25(43-26)36-31-10-11-32-36)24(38)35(28(34)40)29(3,4)27(39)33-12-6-7-13-33/h6-11,14,17,22,37H,12-13,15-16H2,1-5H3. The molecule has 12 nitrogen and oxygen atoms in total. The molecule has 0 saturated heterocycles. The minimum absolute atomic E-state index is 0.125. The summed E-state index contributed by atoms with van der Waals surface area (Å²) in [4.78, 5) is 45.5. The van der Waals surface area contributed by atoms with Gasteiger partial charge in [0.1, 0.15) is 33.0 Å². The summed E-state index contributed by atoms with van der Waals surface area (Å²) >= 11 is 1.14. The monoisotopic (exact) mass is 612 g/mol. The molecule has 1 aliphatic heterocycles. The number of fused-ring (bicyclic) bond motifs is 1. The summed E-state index contributed by atoms with van der Waals surface area (Å²) in [7, 11) is 1.43. The first-order valence-corrected chi connectivity index (χ1v) is 14.5. The van der Waals surface area contributed by atoms with E-state index in [1.807, 2.05) is 12.2 Å². The zero-order valence-electron chi connectivity index (χ0n) is 24.5. The number of methoxy groups -OCH3 is 1. The largest absolute Gasteiger partial charge is 0.496 e. The summed E-state index contributed by atoms with van der Waals surface area (Å²) in [5, 5.41) is 19.2. The third-order valence-electron chi connectivity index (χ3n) is 7.40. The fourth-order valence-electron chi connectivity index (χ4n) is 5.25. The molecular weight excluding hydrogens is 579 g/mol. The van der Waals surface area contributed by atoms with Crippen LogP contribution >= 0.6 is 11.3 Å². The summed E-state index contributed by atoms with van der Waals surface area (Å²) < 4.78 is 28.3. The van der Waals surface area contributed by atoms with E-state index in [1.165, 1.54) is 54.0 Å². The van der Waals surface area contributed by atoms with E-state index in [1.54, 1.807) is 25.7 Å². The molecule has 0 saturated carbocycles. The maximum atomic E-state index is 14.5. The SMILES string of the molecule is COc1ccc(F)cc1C(Cn1c(=O)n(C(C)(C)C(=O)N2CC=CC2)c(=O)c2c(C)c(-n3nccn3)sc21)OCC(C)O. The Morgan fingerprint density at radius 3 is 2.49 bits per heavy atom. The molecule has 0 radical (unpaired) electrons. The summed E-state index contributed by atoms with van der Waals surface area (Å²) in [6.07, 6.45) is 4.85. The molecule has 5 rings (SSSR count). The molecule has 0 fully saturated rings. The molecule has 0 aliphatic carbocycles. The first-order chi connectivity index (χ1) is 20.4. The molecule has 3 aromatic heterocycles. The molecule has 1 aliphatic rings. The van der Waals surface area contributed by atoms with Crippen LogP contribution in [0.1, 0.15) is 38.0 Å². The van der Waals surface area contributed by atoms with Crippen LogP contribution < -0.4 is 16.0 Å². The molecule has 43 heavy (non-hydrogen) atoms. The lowest BCUT2D eigenvalue weighted by atomic mass is 10.0. The predicted molar refractivity (Wildman–Crippen MR) is 158 cm³/mol. The van der Waals surface area contributed by atoms with Gasteiger partial charge in [-0.2, -0.15) is 10.2 Å². The number of aliphatic hydroxyl groups excluding tert-OH is 1. The lowest BCUT2D eigenvalue weighted by molar-refractivity contribution is -0.138. The zero-order chi connectivity index (χ0) is 31.1. The number of aliphatic hydroxyl groups is 1. The normalized spacial score (nSPS) is 14.9. The van der Waals surface area contributed by atoms with Crippen molar-refractivity contribution in [3.05, 3.63) is 80.5 Å². The van der Waals surface area contributed by atoms with Gasteiger partial charge in [-0.3, -0.25) is 14.2 Å². The minimum atomic E-state index is -1.55. The third kappa shape index (κ3) is 5.53. The van der Waals surface area contributed by atoms with Crippen molar-refractivity contribution in [2.24, 2.45) is 0 Å². The molecular formula is C29H33FN6O6S. The van der Waals surface area contributed by atoms with E-state index in [9.17, 15) is 23.9 Å². The lowest BCUT2D eigenvalue weighted by Gasteiger charge is -2.31. The Bertz CT molecular complexity index is 1800. The quantitative estimate of drug-likeness (QED) is 0.270. The van der Waals surface area contributed by atoms with Gasteiger partial charge in [-0.15, -0.1) is 4.80 Å². The van der Waals surface area contributed by atoms with Gasteiger partial charge in [0, 0.05) is 24.2 Å². The van der Waals surface area contributed by atoms with Gasteiger partial charge in [-0.05, 0) is 45.9 Å². The van der Waals surface area contributed by atoms with Crippen molar-refractivity contribution in [3.63, 3.8) is 0 Å². The maximum absolute atomic E-state index is 14.5. The molecule has 14 heteroatoms. The van der Waals surface area contributed by atoms with Gasteiger partial charge in [0.25, 0.3) is 5.56 Å². The van der Waals surface area contributed by atoms with Crippen LogP contribution in [0.2, 0.25) is 0 Å². The van der Waals surface area contributed by atoms with E-state index in [-0.39, 0.29) is 18.5 Å². The van der Waals surface area contributed by atoms with Crippen LogP contribution in [0, 0.1) is 12.7 Å². The van der Waals surface area contributed by atoms with Crippen molar-refractivity contribution in [2.45, 2.75) is 52.0 Å². The van der Waals surface area contributed by atoms with Crippen molar-refractivity contribution in [3.8, 4) is 10.8 Å². The Kier molecular flexibility index (Phi) is 8.36. The Balaban J connectivity index is 1.77. The van der Waals surface area contributed by atoms with E-state index in [0.29, 0.717) is 39.8 Å². The number of aromatic nitrogens is 5. The summed E-state index contributed by atoms with van der Waals surface area (Å²) in [5.41, 5.74) is -2.09. The number of rotatable bonds is 10. The van der Waals surface area contributed by atoms with Gasteiger partial charge in [-0.25, -0.2) is 13.8 Å². The highest BCUT2D eigenvalue weighted by atomic mass is 32.1. The number of hydrogen-bond acceptors (Lipinski definition) is 9. The number of aryl methyl sites for hydroxylation is 1. The zero-order valence-corrected chi connectivity index (χ0v) is 25.3.